The van der Waals surface area contributed by atoms with E-state index < -0.39 is 11.9 Å². The van der Waals surface area contributed by atoms with Gasteiger partial charge in [0, 0.05) is 21.6 Å². The molecule has 0 aliphatic rings. The van der Waals surface area contributed by atoms with E-state index in [0.29, 0.717) is 20.6 Å². The Hall–Kier alpha value is -1.75. The van der Waals surface area contributed by atoms with Crippen LogP contribution in [0.3, 0.4) is 0 Å². The number of benzene rings is 2. The molecule has 2 rings (SSSR count). The minimum absolute atomic E-state index is 0.00989. The molecule has 126 valence electrons. The number of hydrogen-bond donors (Lipinski definition) is 1. The fraction of sp³-hybridized carbons (Fsp3) is 0.176. The van der Waals surface area contributed by atoms with Crippen LogP contribution >= 0.6 is 34.8 Å². The Kier molecular flexibility index (Phi) is 6.91. The minimum atomic E-state index is -0.525. The van der Waals surface area contributed by atoms with Gasteiger partial charge < -0.3 is 10.1 Å². The van der Waals surface area contributed by atoms with Crippen molar-refractivity contribution in [3.8, 4) is 0 Å². The highest BCUT2D eigenvalue weighted by Gasteiger charge is 2.11. The van der Waals surface area contributed by atoms with E-state index >= 15 is 0 Å². The van der Waals surface area contributed by atoms with Crippen LogP contribution in [0.4, 0.5) is 0 Å². The first-order chi connectivity index (χ1) is 11.5. The van der Waals surface area contributed by atoms with Crippen LogP contribution in [0.15, 0.2) is 42.5 Å². The highest BCUT2D eigenvalue weighted by Crippen LogP contribution is 2.20. The molecule has 0 aliphatic heterocycles. The van der Waals surface area contributed by atoms with Gasteiger partial charge in [-0.05, 0) is 29.3 Å². The molecule has 7 heteroatoms. The predicted octanol–water partition coefficient (Wildman–Crippen LogP) is 4.05. The minimum Gasteiger partial charge on any atom is -0.455 e. The third kappa shape index (κ3) is 5.71. The molecule has 0 radical (unpaired) electrons. The van der Waals surface area contributed by atoms with Crippen LogP contribution in [-0.4, -0.2) is 18.5 Å². The Balaban J connectivity index is 1.76. The highest BCUT2D eigenvalue weighted by molar-refractivity contribution is 6.35. The lowest BCUT2D eigenvalue weighted by molar-refractivity contribution is -0.147. The van der Waals surface area contributed by atoms with Crippen LogP contribution in [0.5, 0.6) is 0 Å². The quantitative estimate of drug-likeness (QED) is 0.762. The molecule has 1 amide bonds. The second kappa shape index (κ2) is 8.92. The average Bonchev–Trinajstić information content (AvgIpc) is 2.54. The zero-order valence-electron chi connectivity index (χ0n) is 12.5. The smallest absolute Gasteiger partial charge is 0.310 e. The molecule has 0 spiro atoms. The van der Waals surface area contributed by atoms with E-state index in [9.17, 15) is 9.59 Å². The van der Waals surface area contributed by atoms with Gasteiger partial charge in [-0.3, -0.25) is 9.59 Å². The van der Waals surface area contributed by atoms with Crippen molar-refractivity contribution in [2.24, 2.45) is 0 Å². The molecular formula is C17H14Cl3NO3. The van der Waals surface area contributed by atoms with Gasteiger partial charge in [-0.15, -0.1) is 0 Å². The third-order valence-electron chi connectivity index (χ3n) is 3.15. The first-order valence-corrected chi connectivity index (χ1v) is 8.19. The maximum absolute atomic E-state index is 11.7. The molecule has 0 aliphatic carbocycles. The van der Waals surface area contributed by atoms with Gasteiger partial charge in [0.15, 0.2) is 6.61 Å². The maximum atomic E-state index is 11.7. The molecule has 0 bridgehead atoms. The summed E-state index contributed by atoms with van der Waals surface area (Å²) in [6.07, 6.45) is 0.00989. The molecule has 0 fully saturated rings. The molecule has 0 unspecified atom stereocenters. The summed E-state index contributed by atoms with van der Waals surface area (Å²) in [4.78, 5) is 23.5. The summed E-state index contributed by atoms with van der Waals surface area (Å²) in [6.45, 7) is -0.147. The van der Waals surface area contributed by atoms with E-state index in [2.05, 4.69) is 5.32 Å². The summed E-state index contributed by atoms with van der Waals surface area (Å²) < 4.78 is 4.94. The predicted molar refractivity (Wildman–Crippen MR) is 94.4 cm³/mol. The number of nitrogens with one attached hydrogen (secondary N) is 1. The molecule has 24 heavy (non-hydrogen) atoms. The van der Waals surface area contributed by atoms with Crippen molar-refractivity contribution >= 4 is 46.7 Å². The molecule has 0 atom stereocenters. The Morgan fingerprint density at radius 1 is 0.958 bits per heavy atom. The van der Waals surface area contributed by atoms with Crippen molar-refractivity contribution in [3.05, 3.63) is 68.7 Å². The van der Waals surface area contributed by atoms with Gasteiger partial charge in [-0.1, -0.05) is 59.1 Å². The molecule has 0 heterocycles. The van der Waals surface area contributed by atoms with Gasteiger partial charge in [0.2, 0.25) is 0 Å². The Morgan fingerprint density at radius 3 is 2.42 bits per heavy atom. The van der Waals surface area contributed by atoms with Crippen LogP contribution in [-0.2, 0) is 27.3 Å². The Morgan fingerprint density at radius 2 is 1.71 bits per heavy atom. The second-order valence-corrected chi connectivity index (χ2v) is 6.19. The fourth-order valence-corrected chi connectivity index (χ4v) is 2.58. The lowest BCUT2D eigenvalue weighted by Gasteiger charge is -2.08. The molecular weight excluding hydrogens is 373 g/mol. The molecule has 1 N–H and O–H groups in total. The SMILES string of the molecule is O=C(COC(=O)Cc1ccccc1Cl)NCc1ccc(Cl)cc1Cl. The van der Waals surface area contributed by atoms with E-state index in [-0.39, 0.29) is 19.6 Å². The molecule has 0 aromatic heterocycles. The van der Waals surface area contributed by atoms with Crippen LogP contribution in [0.25, 0.3) is 0 Å². The molecule has 0 saturated heterocycles. The maximum Gasteiger partial charge on any atom is 0.310 e. The van der Waals surface area contributed by atoms with Crippen molar-refractivity contribution in [2.45, 2.75) is 13.0 Å². The van der Waals surface area contributed by atoms with E-state index in [4.69, 9.17) is 39.5 Å². The highest BCUT2D eigenvalue weighted by atomic mass is 35.5. The van der Waals surface area contributed by atoms with E-state index in [1.807, 2.05) is 0 Å². The normalized spacial score (nSPS) is 10.3. The average molecular weight is 387 g/mol. The van der Waals surface area contributed by atoms with Crippen molar-refractivity contribution < 1.29 is 14.3 Å². The van der Waals surface area contributed by atoms with Crippen molar-refractivity contribution in [1.82, 2.24) is 5.32 Å². The number of carbonyl (C=O) groups is 2. The molecule has 4 nitrogen and oxygen atoms in total. The van der Waals surface area contributed by atoms with Crippen molar-refractivity contribution in [3.63, 3.8) is 0 Å². The summed E-state index contributed by atoms with van der Waals surface area (Å²) in [7, 11) is 0. The van der Waals surface area contributed by atoms with Crippen LogP contribution in [0.1, 0.15) is 11.1 Å². The number of hydrogen-bond acceptors (Lipinski definition) is 3. The summed E-state index contributed by atoms with van der Waals surface area (Å²) in [5.74, 6) is -0.948. The lowest BCUT2D eigenvalue weighted by atomic mass is 10.1. The van der Waals surface area contributed by atoms with Gasteiger partial charge in [0.05, 0.1) is 6.42 Å². The Labute approximate surface area is 154 Å². The zero-order valence-corrected chi connectivity index (χ0v) is 14.8. The molecule has 0 saturated carbocycles. The standard InChI is InChI=1S/C17H14Cl3NO3/c18-13-6-5-12(15(20)8-13)9-21-16(22)10-24-17(23)7-11-3-1-2-4-14(11)19/h1-6,8H,7,9-10H2,(H,21,22). The lowest BCUT2D eigenvalue weighted by Crippen LogP contribution is -2.28. The molecule has 2 aromatic carbocycles. The number of halogens is 3. The van der Waals surface area contributed by atoms with E-state index in [1.165, 1.54) is 0 Å². The number of esters is 1. The number of carbonyl (C=O) groups excluding carboxylic acids is 2. The van der Waals surface area contributed by atoms with Gasteiger partial charge in [-0.2, -0.15) is 0 Å². The monoisotopic (exact) mass is 385 g/mol. The summed E-state index contributed by atoms with van der Waals surface area (Å²) in [5.41, 5.74) is 1.37. The fourth-order valence-electron chi connectivity index (χ4n) is 1.90. The first kappa shape index (κ1) is 18.6. The number of amides is 1. The summed E-state index contributed by atoms with van der Waals surface area (Å²) in [5, 5.41) is 4.08. The second-order valence-electron chi connectivity index (χ2n) is 4.94. The number of rotatable bonds is 6. The summed E-state index contributed by atoms with van der Waals surface area (Å²) in [6, 6.07) is 11.9. The van der Waals surface area contributed by atoms with Gasteiger partial charge in [0.25, 0.3) is 5.91 Å². The van der Waals surface area contributed by atoms with Crippen LogP contribution in [0, 0.1) is 0 Å². The number of ether oxygens (including phenoxy) is 1. The van der Waals surface area contributed by atoms with Crippen LogP contribution in [0.2, 0.25) is 15.1 Å². The molecule has 2 aromatic rings. The zero-order chi connectivity index (χ0) is 17.5. The largest absolute Gasteiger partial charge is 0.455 e. The topological polar surface area (TPSA) is 55.4 Å². The Bertz CT molecular complexity index is 750. The van der Waals surface area contributed by atoms with Crippen LogP contribution < -0.4 is 5.32 Å². The van der Waals surface area contributed by atoms with Gasteiger partial charge in [0.1, 0.15) is 0 Å². The summed E-state index contributed by atoms with van der Waals surface area (Å²) >= 11 is 17.8. The van der Waals surface area contributed by atoms with Gasteiger partial charge >= 0.3 is 5.97 Å². The van der Waals surface area contributed by atoms with Crippen molar-refractivity contribution in [1.29, 1.82) is 0 Å². The first-order valence-electron chi connectivity index (χ1n) is 7.05. The van der Waals surface area contributed by atoms with E-state index in [0.717, 1.165) is 5.56 Å². The third-order valence-corrected chi connectivity index (χ3v) is 4.10. The van der Waals surface area contributed by atoms with E-state index in [1.54, 1.807) is 42.5 Å². The van der Waals surface area contributed by atoms with Crippen molar-refractivity contribution in [2.75, 3.05) is 6.61 Å². The van der Waals surface area contributed by atoms with Gasteiger partial charge in [-0.25, -0.2) is 0 Å².